The van der Waals surface area contributed by atoms with Crippen molar-refractivity contribution in [2.24, 2.45) is 0 Å². The molecule has 1 fully saturated rings. The summed E-state index contributed by atoms with van der Waals surface area (Å²) in [6.45, 7) is 7.65. The summed E-state index contributed by atoms with van der Waals surface area (Å²) in [5.41, 5.74) is 0.825. The number of aromatic hydroxyl groups is 2. The molecule has 2 unspecified atom stereocenters. The molecule has 2 rings (SSSR count). The fourth-order valence-electron chi connectivity index (χ4n) is 2.82. The molecule has 1 aliphatic rings. The van der Waals surface area contributed by atoms with Gasteiger partial charge in [0.05, 0.1) is 0 Å². The third-order valence-corrected chi connectivity index (χ3v) is 3.75. The molecule has 0 radical (unpaired) electrons. The number of rotatable bonds is 5. The average molecular weight is 264 g/mol. The zero-order valence-electron chi connectivity index (χ0n) is 11.8. The SMILES string of the molecule is CC(CN1CCCC1)NC(C)c1ccc(O)cc1O. The van der Waals surface area contributed by atoms with E-state index in [-0.39, 0.29) is 17.5 Å². The number of hydrogen-bond acceptors (Lipinski definition) is 4. The van der Waals surface area contributed by atoms with Crippen LogP contribution in [0.5, 0.6) is 11.5 Å². The van der Waals surface area contributed by atoms with Crippen molar-refractivity contribution in [3.8, 4) is 11.5 Å². The minimum atomic E-state index is 0.0678. The summed E-state index contributed by atoms with van der Waals surface area (Å²) in [6, 6.07) is 5.21. The topological polar surface area (TPSA) is 55.7 Å². The molecule has 4 heteroatoms. The van der Waals surface area contributed by atoms with Crippen LogP contribution < -0.4 is 5.32 Å². The van der Waals surface area contributed by atoms with Crippen molar-refractivity contribution in [1.82, 2.24) is 10.2 Å². The van der Waals surface area contributed by atoms with Crippen LogP contribution in [0.3, 0.4) is 0 Å². The van der Waals surface area contributed by atoms with Gasteiger partial charge in [-0.2, -0.15) is 0 Å². The molecule has 0 aromatic heterocycles. The van der Waals surface area contributed by atoms with Gasteiger partial charge in [0.1, 0.15) is 11.5 Å². The number of benzene rings is 1. The molecular formula is C15H24N2O2. The van der Waals surface area contributed by atoms with Gasteiger partial charge in [0.25, 0.3) is 0 Å². The van der Waals surface area contributed by atoms with Crippen LogP contribution in [0.15, 0.2) is 18.2 Å². The zero-order chi connectivity index (χ0) is 13.8. The van der Waals surface area contributed by atoms with E-state index in [9.17, 15) is 10.2 Å². The van der Waals surface area contributed by atoms with Gasteiger partial charge in [-0.1, -0.05) is 6.07 Å². The van der Waals surface area contributed by atoms with Crippen LogP contribution in [-0.2, 0) is 0 Å². The summed E-state index contributed by atoms with van der Waals surface area (Å²) in [5.74, 6) is 0.243. The first-order valence-corrected chi connectivity index (χ1v) is 7.06. The fourth-order valence-corrected chi connectivity index (χ4v) is 2.82. The van der Waals surface area contributed by atoms with E-state index in [1.54, 1.807) is 12.1 Å². The van der Waals surface area contributed by atoms with Gasteiger partial charge < -0.3 is 20.4 Å². The molecule has 1 aromatic carbocycles. The van der Waals surface area contributed by atoms with E-state index >= 15 is 0 Å². The van der Waals surface area contributed by atoms with E-state index in [2.05, 4.69) is 17.1 Å². The first-order valence-electron chi connectivity index (χ1n) is 7.06. The summed E-state index contributed by atoms with van der Waals surface area (Å²) in [5, 5.41) is 22.7. The molecular weight excluding hydrogens is 240 g/mol. The Hall–Kier alpha value is -1.26. The minimum Gasteiger partial charge on any atom is -0.508 e. The van der Waals surface area contributed by atoms with E-state index in [4.69, 9.17) is 0 Å². The quantitative estimate of drug-likeness (QED) is 0.763. The Bertz CT molecular complexity index is 417. The van der Waals surface area contributed by atoms with E-state index in [0.717, 1.165) is 12.1 Å². The third-order valence-electron chi connectivity index (χ3n) is 3.75. The van der Waals surface area contributed by atoms with Crippen LogP contribution in [0.1, 0.15) is 38.3 Å². The molecule has 3 N–H and O–H groups in total. The standard InChI is InChI=1S/C15H24N2O2/c1-11(10-17-7-3-4-8-17)16-12(2)14-6-5-13(18)9-15(14)19/h5-6,9,11-12,16,18-19H,3-4,7-8,10H2,1-2H3. The van der Waals surface area contributed by atoms with E-state index in [1.165, 1.54) is 32.0 Å². The highest BCUT2D eigenvalue weighted by atomic mass is 16.3. The number of phenols is 2. The van der Waals surface area contributed by atoms with Crippen LogP contribution in [0.4, 0.5) is 0 Å². The summed E-state index contributed by atoms with van der Waals surface area (Å²) < 4.78 is 0. The molecule has 0 bridgehead atoms. The Morgan fingerprint density at radius 3 is 2.53 bits per heavy atom. The number of hydrogen-bond donors (Lipinski definition) is 3. The Morgan fingerprint density at radius 1 is 1.21 bits per heavy atom. The van der Waals surface area contributed by atoms with Gasteiger partial charge in [-0.3, -0.25) is 0 Å². The molecule has 2 atom stereocenters. The van der Waals surface area contributed by atoms with Crippen molar-refractivity contribution in [1.29, 1.82) is 0 Å². The predicted octanol–water partition coefficient (Wildman–Crippen LogP) is 2.23. The molecule has 1 saturated heterocycles. The van der Waals surface area contributed by atoms with Crippen LogP contribution in [0.2, 0.25) is 0 Å². The van der Waals surface area contributed by atoms with Crippen molar-refractivity contribution in [3.63, 3.8) is 0 Å². The second kappa shape index (κ2) is 6.26. The van der Waals surface area contributed by atoms with Gasteiger partial charge in [-0.15, -0.1) is 0 Å². The number of nitrogens with one attached hydrogen (secondary N) is 1. The van der Waals surface area contributed by atoms with Crippen LogP contribution >= 0.6 is 0 Å². The lowest BCUT2D eigenvalue weighted by molar-refractivity contribution is 0.288. The third kappa shape index (κ3) is 3.85. The molecule has 4 nitrogen and oxygen atoms in total. The Kier molecular flexibility index (Phi) is 4.66. The number of phenolic OH excluding ortho intramolecular Hbond substituents is 2. The largest absolute Gasteiger partial charge is 0.508 e. The van der Waals surface area contributed by atoms with Crippen LogP contribution in [0.25, 0.3) is 0 Å². The summed E-state index contributed by atoms with van der Waals surface area (Å²) in [4.78, 5) is 2.47. The first-order chi connectivity index (χ1) is 9.06. The highest BCUT2D eigenvalue weighted by Gasteiger charge is 2.17. The Morgan fingerprint density at radius 2 is 1.89 bits per heavy atom. The Labute approximate surface area is 115 Å². The fraction of sp³-hybridized carbons (Fsp3) is 0.600. The Balaban J connectivity index is 1.90. The molecule has 1 aromatic rings. The lowest BCUT2D eigenvalue weighted by atomic mass is 10.1. The van der Waals surface area contributed by atoms with Crippen molar-refractivity contribution >= 4 is 0 Å². The predicted molar refractivity (Wildman–Crippen MR) is 76.5 cm³/mol. The first kappa shape index (κ1) is 14.2. The van der Waals surface area contributed by atoms with Crippen LogP contribution in [-0.4, -0.2) is 40.8 Å². The maximum atomic E-state index is 9.85. The lowest BCUT2D eigenvalue weighted by Crippen LogP contribution is -2.39. The molecule has 0 saturated carbocycles. The highest BCUT2D eigenvalue weighted by Crippen LogP contribution is 2.28. The van der Waals surface area contributed by atoms with Crippen molar-refractivity contribution in [3.05, 3.63) is 23.8 Å². The van der Waals surface area contributed by atoms with Gasteiger partial charge >= 0.3 is 0 Å². The smallest absolute Gasteiger partial charge is 0.124 e. The molecule has 0 aliphatic carbocycles. The highest BCUT2D eigenvalue weighted by molar-refractivity contribution is 5.40. The molecule has 0 spiro atoms. The van der Waals surface area contributed by atoms with E-state index in [1.807, 2.05) is 6.92 Å². The van der Waals surface area contributed by atoms with Gasteiger partial charge in [0.15, 0.2) is 0 Å². The second-order valence-electron chi connectivity index (χ2n) is 5.54. The number of nitrogens with zero attached hydrogens (tertiary/aromatic N) is 1. The maximum absolute atomic E-state index is 9.85. The van der Waals surface area contributed by atoms with Gasteiger partial charge in [-0.05, 0) is 45.8 Å². The van der Waals surface area contributed by atoms with Crippen molar-refractivity contribution < 1.29 is 10.2 Å². The van der Waals surface area contributed by atoms with Gasteiger partial charge in [0, 0.05) is 30.3 Å². The molecule has 0 amide bonds. The van der Waals surface area contributed by atoms with Crippen molar-refractivity contribution in [2.75, 3.05) is 19.6 Å². The van der Waals surface area contributed by atoms with Crippen molar-refractivity contribution in [2.45, 2.75) is 38.8 Å². The molecule has 1 heterocycles. The second-order valence-corrected chi connectivity index (χ2v) is 5.54. The zero-order valence-corrected chi connectivity index (χ0v) is 11.8. The monoisotopic (exact) mass is 264 g/mol. The molecule has 19 heavy (non-hydrogen) atoms. The van der Waals surface area contributed by atoms with Gasteiger partial charge in [-0.25, -0.2) is 0 Å². The number of likely N-dealkylation sites (tertiary alicyclic amines) is 1. The van der Waals surface area contributed by atoms with Gasteiger partial charge in [0.2, 0.25) is 0 Å². The summed E-state index contributed by atoms with van der Waals surface area (Å²) in [6.07, 6.45) is 2.61. The molecule has 106 valence electrons. The van der Waals surface area contributed by atoms with E-state index in [0.29, 0.717) is 6.04 Å². The molecule has 1 aliphatic heterocycles. The van der Waals surface area contributed by atoms with E-state index < -0.39 is 0 Å². The average Bonchev–Trinajstić information content (AvgIpc) is 2.81. The van der Waals surface area contributed by atoms with Crippen LogP contribution in [0, 0.1) is 0 Å². The summed E-state index contributed by atoms with van der Waals surface area (Å²) in [7, 11) is 0. The normalized spacial score (nSPS) is 19.5. The maximum Gasteiger partial charge on any atom is 0.124 e. The lowest BCUT2D eigenvalue weighted by Gasteiger charge is -2.25. The minimum absolute atomic E-state index is 0.0678. The summed E-state index contributed by atoms with van der Waals surface area (Å²) >= 11 is 0.